The zero-order chi connectivity index (χ0) is 20.4. The van der Waals surface area contributed by atoms with Crippen LogP contribution in [0.2, 0.25) is 0 Å². The number of para-hydroxylation sites is 1. The van der Waals surface area contributed by atoms with Gasteiger partial charge in [0.1, 0.15) is 0 Å². The van der Waals surface area contributed by atoms with Crippen LogP contribution in [0, 0.1) is 0 Å². The molecule has 152 valence electrons. The average molecular weight is 429 g/mol. The van der Waals surface area contributed by atoms with Crippen molar-refractivity contribution in [3.8, 4) is 0 Å². The highest BCUT2D eigenvalue weighted by Gasteiger charge is 2.28. The van der Waals surface area contributed by atoms with Crippen LogP contribution in [-0.4, -0.2) is 38.4 Å². The first kappa shape index (κ1) is 20.0. The lowest BCUT2D eigenvalue weighted by Gasteiger charge is -2.21. The molecule has 2 aromatic rings. The van der Waals surface area contributed by atoms with Crippen molar-refractivity contribution in [2.24, 2.45) is 0 Å². The van der Waals surface area contributed by atoms with E-state index in [-0.39, 0.29) is 11.7 Å². The van der Waals surface area contributed by atoms with Crippen LogP contribution in [0.4, 0.5) is 11.4 Å². The van der Waals surface area contributed by atoms with E-state index >= 15 is 0 Å². The minimum Gasteiger partial charge on any atom is -0.308 e. The maximum atomic E-state index is 12.9. The second kappa shape index (κ2) is 8.24. The Morgan fingerprint density at radius 1 is 1.10 bits per heavy atom. The van der Waals surface area contributed by atoms with Crippen molar-refractivity contribution in [2.75, 3.05) is 28.0 Å². The number of fused-ring (bicyclic) bond motifs is 1. The number of amides is 1. The first-order valence-corrected chi connectivity index (χ1v) is 12.3. The summed E-state index contributed by atoms with van der Waals surface area (Å²) in [5, 5.41) is 0.465. The fourth-order valence-corrected chi connectivity index (χ4v) is 6.33. The van der Waals surface area contributed by atoms with Crippen molar-refractivity contribution in [3.63, 3.8) is 0 Å². The number of hydrogen-bond acceptors (Lipinski definition) is 4. The van der Waals surface area contributed by atoms with E-state index in [0.29, 0.717) is 30.4 Å². The fourth-order valence-electron chi connectivity index (χ4n) is 3.65. The third-order valence-electron chi connectivity index (χ3n) is 5.21. The lowest BCUT2D eigenvalue weighted by atomic mass is 10.2. The Morgan fingerprint density at radius 3 is 2.59 bits per heavy atom. The maximum absolute atomic E-state index is 12.9. The molecule has 0 bridgehead atoms. The number of carbonyl (C=O) groups excluding carboxylic acids is 1. The summed E-state index contributed by atoms with van der Waals surface area (Å²) in [5.74, 6) is 0.163. The van der Waals surface area contributed by atoms with Gasteiger partial charge in [-0.3, -0.25) is 9.10 Å². The topological polar surface area (TPSA) is 57.7 Å². The minimum atomic E-state index is -3.18. The molecule has 1 saturated heterocycles. The molecule has 0 aromatic heterocycles. The van der Waals surface area contributed by atoms with Gasteiger partial charge in [0.2, 0.25) is 10.0 Å². The van der Waals surface area contributed by atoms with Crippen molar-refractivity contribution < 1.29 is 13.2 Å². The van der Waals surface area contributed by atoms with Gasteiger partial charge < -0.3 is 4.90 Å². The van der Waals surface area contributed by atoms with Crippen LogP contribution in [0.25, 0.3) is 6.08 Å². The molecule has 7 heteroatoms. The number of carbonyl (C=O) groups is 1. The van der Waals surface area contributed by atoms with Crippen molar-refractivity contribution in [2.45, 2.75) is 29.9 Å². The van der Waals surface area contributed by atoms with Gasteiger partial charge in [-0.05, 0) is 48.7 Å². The smallest absolute Gasteiger partial charge is 0.251 e. The molecule has 0 saturated carbocycles. The van der Waals surface area contributed by atoms with Crippen LogP contribution in [0.15, 0.2) is 59.5 Å². The van der Waals surface area contributed by atoms with Crippen LogP contribution in [0.5, 0.6) is 0 Å². The molecule has 0 N–H and O–H groups in total. The van der Waals surface area contributed by atoms with E-state index in [0.717, 1.165) is 22.6 Å². The van der Waals surface area contributed by atoms with Gasteiger partial charge in [-0.25, -0.2) is 8.42 Å². The summed E-state index contributed by atoms with van der Waals surface area (Å²) in [5.41, 5.74) is 2.51. The SMILES string of the molecule is CC1CCN(C(=O)/C=C/c2ccc(N3CCCS3(=O)=O)cc2)c2ccccc2S1. The van der Waals surface area contributed by atoms with Crippen molar-refractivity contribution >= 4 is 45.1 Å². The Morgan fingerprint density at radius 2 is 1.86 bits per heavy atom. The highest BCUT2D eigenvalue weighted by Crippen LogP contribution is 2.37. The Balaban J connectivity index is 1.50. The molecular weight excluding hydrogens is 404 g/mol. The quantitative estimate of drug-likeness (QED) is 0.689. The zero-order valence-electron chi connectivity index (χ0n) is 16.3. The zero-order valence-corrected chi connectivity index (χ0v) is 18.0. The van der Waals surface area contributed by atoms with E-state index in [1.807, 2.05) is 47.0 Å². The summed E-state index contributed by atoms with van der Waals surface area (Å²) in [6, 6.07) is 15.3. The molecule has 1 unspecified atom stereocenters. The average Bonchev–Trinajstić information content (AvgIpc) is 2.97. The summed E-state index contributed by atoms with van der Waals surface area (Å²) < 4.78 is 25.6. The first-order valence-electron chi connectivity index (χ1n) is 9.80. The van der Waals surface area contributed by atoms with E-state index in [2.05, 4.69) is 13.0 Å². The third-order valence-corrected chi connectivity index (χ3v) is 8.31. The van der Waals surface area contributed by atoms with Gasteiger partial charge in [-0.15, -0.1) is 11.8 Å². The van der Waals surface area contributed by atoms with Crippen LogP contribution >= 0.6 is 11.8 Å². The van der Waals surface area contributed by atoms with E-state index in [1.54, 1.807) is 24.3 Å². The van der Waals surface area contributed by atoms with Gasteiger partial charge in [0.25, 0.3) is 5.91 Å². The van der Waals surface area contributed by atoms with Crippen LogP contribution < -0.4 is 9.21 Å². The second-order valence-corrected chi connectivity index (χ2v) is 10.8. The molecule has 2 heterocycles. The maximum Gasteiger partial charge on any atom is 0.251 e. The normalized spacial score (nSPS) is 21.2. The van der Waals surface area contributed by atoms with E-state index < -0.39 is 10.0 Å². The molecule has 0 aliphatic carbocycles. The summed E-state index contributed by atoms with van der Waals surface area (Å²) in [6.45, 7) is 3.41. The van der Waals surface area contributed by atoms with Gasteiger partial charge in [-0.1, -0.05) is 31.2 Å². The molecule has 29 heavy (non-hydrogen) atoms. The monoisotopic (exact) mass is 428 g/mol. The first-order chi connectivity index (χ1) is 13.9. The molecular formula is C22H24N2O3S2. The molecule has 1 amide bonds. The number of benzene rings is 2. The van der Waals surface area contributed by atoms with Crippen LogP contribution in [0.3, 0.4) is 0 Å². The standard InChI is InChI=1S/C22H24N2O3S2/c1-17-13-15-23(20-5-2-3-6-21(20)28-17)22(25)12-9-18-7-10-19(11-8-18)24-14-4-16-29(24,26)27/h2-3,5-12,17H,4,13-16H2,1H3/b12-9+. The lowest BCUT2D eigenvalue weighted by Crippen LogP contribution is -2.30. The molecule has 0 spiro atoms. The number of rotatable bonds is 3. The summed E-state index contributed by atoms with van der Waals surface area (Å²) in [4.78, 5) is 15.9. The van der Waals surface area contributed by atoms with Gasteiger partial charge in [0.05, 0.1) is 17.1 Å². The highest BCUT2D eigenvalue weighted by molar-refractivity contribution is 8.00. The molecule has 2 aliphatic heterocycles. The third kappa shape index (κ3) is 4.36. The molecule has 2 aliphatic rings. The Labute approximate surface area is 176 Å². The highest BCUT2D eigenvalue weighted by atomic mass is 32.2. The van der Waals surface area contributed by atoms with Gasteiger partial charge >= 0.3 is 0 Å². The largest absolute Gasteiger partial charge is 0.308 e. The molecule has 0 radical (unpaired) electrons. The van der Waals surface area contributed by atoms with E-state index in [1.165, 1.54) is 4.31 Å². The number of anilines is 2. The van der Waals surface area contributed by atoms with Gasteiger partial charge in [-0.2, -0.15) is 0 Å². The summed E-state index contributed by atoms with van der Waals surface area (Å²) in [6.07, 6.45) is 4.98. The van der Waals surface area contributed by atoms with Gasteiger partial charge in [0, 0.05) is 29.3 Å². The Kier molecular flexibility index (Phi) is 5.69. The van der Waals surface area contributed by atoms with E-state index in [4.69, 9.17) is 0 Å². The van der Waals surface area contributed by atoms with Crippen molar-refractivity contribution in [3.05, 3.63) is 60.2 Å². The predicted octanol–water partition coefficient (Wildman–Crippen LogP) is 4.16. The van der Waals surface area contributed by atoms with E-state index in [9.17, 15) is 13.2 Å². The van der Waals surface area contributed by atoms with Crippen molar-refractivity contribution in [1.29, 1.82) is 0 Å². The second-order valence-electron chi connectivity index (χ2n) is 7.34. The molecule has 1 atom stereocenters. The number of thioether (sulfide) groups is 1. The summed E-state index contributed by atoms with van der Waals surface area (Å²) in [7, 11) is -3.18. The lowest BCUT2D eigenvalue weighted by molar-refractivity contribution is -0.114. The molecule has 2 aromatic carbocycles. The summed E-state index contributed by atoms with van der Waals surface area (Å²) >= 11 is 1.81. The predicted molar refractivity (Wildman–Crippen MR) is 120 cm³/mol. The minimum absolute atomic E-state index is 0.0432. The molecule has 5 nitrogen and oxygen atoms in total. The van der Waals surface area contributed by atoms with Crippen LogP contribution in [-0.2, 0) is 14.8 Å². The number of nitrogens with zero attached hydrogens (tertiary/aromatic N) is 2. The Bertz CT molecular complexity index is 1030. The fraction of sp³-hybridized carbons (Fsp3) is 0.318. The molecule has 1 fully saturated rings. The number of hydrogen-bond donors (Lipinski definition) is 0. The molecule has 4 rings (SSSR count). The van der Waals surface area contributed by atoms with Gasteiger partial charge in [0.15, 0.2) is 0 Å². The number of sulfonamides is 1. The van der Waals surface area contributed by atoms with Crippen molar-refractivity contribution in [1.82, 2.24) is 0 Å². The Hall–Kier alpha value is -2.25. The van der Waals surface area contributed by atoms with Crippen LogP contribution in [0.1, 0.15) is 25.3 Å².